The Balaban J connectivity index is 1.85. The zero-order valence-electron chi connectivity index (χ0n) is 15.1. The second-order valence-corrected chi connectivity index (χ2v) is 6.59. The molecule has 140 valence electrons. The number of benzene rings is 2. The fraction of sp³-hybridized carbons (Fsp3) is 0.300. The van der Waals surface area contributed by atoms with Crippen molar-refractivity contribution >= 4 is 17.5 Å². The van der Waals surface area contributed by atoms with Gasteiger partial charge < -0.3 is 10.2 Å². The molecule has 0 radical (unpaired) electrons. The molecule has 2 aromatic rings. The van der Waals surface area contributed by atoms with Crippen molar-refractivity contribution in [2.24, 2.45) is 0 Å². The van der Waals surface area contributed by atoms with E-state index in [2.05, 4.69) is 5.32 Å². The first-order valence-corrected chi connectivity index (χ1v) is 8.85. The van der Waals surface area contributed by atoms with E-state index < -0.39 is 10.8 Å². The van der Waals surface area contributed by atoms with Crippen molar-refractivity contribution in [2.45, 2.75) is 25.8 Å². The van der Waals surface area contributed by atoms with Gasteiger partial charge in [-0.05, 0) is 25.0 Å². The minimum Gasteiger partial charge on any atom is -0.343 e. The van der Waals surface area contributed by atoms with Crippen molar-refractivity contribution in [3.8, 4) is 0 Å². The molecule has 0 aromatic heterocycles. The van der Waals surface area contributed by atoms with E-state index in [1.165, 1.54) is 12.1 Å². The number of hydrogen-bond donors (Lipinski definition) is 1. The number of nitrogens with zero attached hydrogens (tertiary/aromatic N) is 2. The lowest BCUT2D eigenvalue weighted by Crippen LogP contribution is -2.38. The summed E-state index contributed by atoms with van der Waals surface area (Å²) in [5.74, 6) is -0.312. The maximum absolute atomic E-state index is 12.8. The van der Waals surface area contributed by atoms with Crippen molar-refractivity contribution in [1.29, 1.82) is 0 Å². The first-order chi connectivity index (χ1) is 13.0. The summed E-state index contributed by atoms with van der Waals surface area (Å²) in [7, 11) is 0. The minimum absolute atomic E-state index is 0.0803. The van der Waals surface area contributed by atoms with Gasteiger partial charge in [-0.1, -0.05) is 36.4 Å². The van der Waals surface area contributed by atoms with Gasteiger partial charge in [0.1, 0.15) is 0 Å². The number of nitro benzene ring substituents is 1. The number of rotatable bonds is 6. The Labute approximate surface area is 157 Å². The lowest BCUT2D eigenvalue weighted by molar-refractivity contribution is -0.385. The highest BCUT2D eigenvalue weighted by atomic mass is 16.6. The van der Waals surface area contributed by atoms with Gasteiger partial charge in [0.25, 0.3) is 11.6 Å². The molecule has 3 rings (SSSR count). The molecule has 0 saturated carbocycles. The zero-order valence-corrected chi connectivity index (χ0v) is 15.1. The molecular formula is C20H21N3O4. The van der Waals surface area contributed by atoms with Crippen molar-refractivity contribution in [1.82, 2.24) is 10.2 Å². The van der Waals surface area contributed by atoms with Gasteiger partial charge >= 0.3 is 0 Å². The number of amides is 2. The van der Waals surface area contributed by atoms with Gasteiger partial charge in [-0.3, -0.25) is 19.7 Å². The summed E-state index contributed by atoms with van der Waals surface area (Å²) in [5.41, 5.74) is 1.38. The molecule has 27 heavy (non-hydrogen) atoms. The lowest BCUT2D eigenvalue weighted by Gasteiger charge is -2.25. The van der Waals surface area contributed by atoms with Crippen LogP contribution in [0, 0.1) is 17.0 Å². The molecule has 0 spiro atoms. The zero-order chi connectivity index (χ0) is 19.4. The van der Waals surface area contributed by atoms with Gasteiger partial charge in [0.05, 0.1) is 11.0 Å². The monoisotopic (exact) mass is 367 g/mol. The van der Waals surface area contributed by atoms with Crippen LogP contribution in [-0.2, 0) is 4.79 Å². The number of carbonyl (C=O) groups excluding carboxylic acids is 2. The summed E-state index contributed by atoms with van der Waals surface area (Å²) < 4.78 is 0. The van der Waals surface area contributed by atoms with Crippen LogP contribution in [0.3, 0.4) is 0 Å². The predicted octanol–water partition coefficient (Wildman–Crippen LogP) is 3.00. The Morgan fingerprint density at radius 1 is 1.22 bits per heavy atom. The molecule has 1 fully saturated rings. The Morgan fingerprint density at radius 3 is 2.59 bits per heavy atom. The summed E-state index contributed by atoms with van der Waals surface area (Å²) in [4.78, 5) is 37.2. The average Bonchev–Trinajstić information content (AvgIpc) is 3.06. The molecule has 1 N–H and O–H groups in total. The highest BCUT2D eigenvalue weighted by Crippen LogP contribution is 2.23. The van der Waals surface area contributed by atoms with Crippen LogP contribution < -0.4 is 5.32 Å². The molecule has 7 nitrogen and oxygen atoms in total. The van der Waals surface area contributed by atoms with Gasteiger partial charge in [0.15, 0.2) is 0 Å². The SMILES string of the molecule is Cc1c(C(=O)N[C@@H](CN2CCCC2=O)c2ccccc2)cccc1[N+](=O)[O-]. The van der Waals surface area contributed by atoms with Crippen LogP contribution in [0.1, 0.15) is 40.4 Å². The van der Waals surface area contributed by atoms with Crippen LogP contribution in [0.2, 0.25) is 0 Å². The number of carbonyl (C=O) groups is 2. The molecule has 1 atom stereocenters. The predicted molar refractivity (Wildman–Crippen MR) is 100 cm³/mol. The van der Waals surface area contributed by atoms with Crippen LogP contribution in [0.25, 0.3) is 0 Å². The second kappa shape index (κ2) is 7.99. The smallest absolute Gasteiger partial charge is 0.273 e. The van der Waals surface area contributed by atoms with Crippen molar-refractivity contribution in [3.05, 3.63) is 75.3 Å². The van der Waals surface area contributed by atoms with E-state index in [1.807, 2.05) is 30.3 Å². The highest BCUT2D eigenvalue weighted by Gasteiger charge is 2.26. The van der Waals surface area contributed by atoms with E-state index in [0.717, 1.165) is 12.0 Å². The van der Waals surface area contributed by atoms with Crippen LogP contribution in [-0.4, -0.2) is 34.7 Å². The first-order valence-electron chi connectivity index (χ1n) is 8.85. The Kier molecular flexibility index (Phi) is 5.49. The third kappa shape index (κ3) is 4.13. The summed E-state index contributed by atoms with van der Waals surface area (Å²) in [6.45, 7) is 2.62. The van der Waals surface area contributed by atoms with Crippen molar-refractivity contribution < 1.29 is 14.5 Å². The number of hydrogen-bond acceptors (Lipinski definition) is 4. The van der Waals surface area contributed by atoms with E-state index in [1.54, 1.807) is 17.9 Å². The van der Waals surface area contributed by atoms with Crippen LogP contribution in [0.5, 0.6) is 0 Å². The molecule has 1 aliphatic rings. The van der Waals surface area contributed by atoms with Gasteiger partial charge in [0, 0.05) is 36.7 Å². The molecule has 1 saturated heterocycles. The molecule has 2 aromatic carbocycles. The molecule has 0 bridgehead atoms. The Morgan fingerprint density at radius 2 is 1.96 bits per heavy atom. The second-order valence-electron chi connectivity index (χ2n) is 6.59. The van der Waals surface area contributed by atoms with Gasteiger partial charge in [-0.2, -0.15) is 0 Å². The van der Waals surface area contributed by atoms with E-state index in [-0.39, 0.29) is 23.2 Å². The third-order valence-electron chi connectivity index (χ3n) is 4.83. The fourth-order valence-electron chi connectivity index (χ4n) is 3.34. The lowest BCUT2D eigenvalue weighted by atomic mass is 10.0. The minimum atomic E-state index is -0.496. The largest absolute Gasteiger partial charge is 0.343 e. The molecule has 1 heterocycles. The Hall–Kier alpha value is -3.22. The highest BCUT2D eigenvalue weighted by molar-refractivity contribution is 5.96. The third-order valence-corrected chi connectivity index (χ3v) is 4.83. The van der Waals surface area contributed by atoms with E-state index in [9.17, 15) is 19.7 Å². The summed E-state index contributed by atoms with van der Waals surface area (Å²) in [6.07, 6.45) is 1.34. The van der Waals surface area contributed by atoms with Gasteiger partial charge in [-0.15, -0.1) is 0 Å². The van der Waals surface area contributed by atoms with E-state index >= 15 is 0 Å². The standard InChI is InChI=1S/C20H21N3O4/c1-14-16(9-5-10-18(14)23(26)27)20(25)21-17(15-7-3-2-4-8-15)13-22-12-6-11-19(22)24/h2-5,7-10,17H,6,11-13H2,1H3,(H,21,25)/t17-/m0/s1. The number of likely N-dealkylation sites (tertiary alicyclic amines) is 1. The molecule has 2 amide bonds. The number of nitrogens with one attached hydrogen (secondary N) is 1. The summed E-state index contributed by atoms with van der Waals surface area (Å²) >= 11 is 0. The van der Waals surface area contributed by atoms with Crippen LogP contribution >= 0.6 is 0 Å². The van der Waals surface area contributed by atoms with E-state index in [0.29, 0.717) is 25.1 Å². The van der Waals surface area contributed by atoms with Gasteiger partial charge in [0.2, 0.25) is 5.91 Å². The quantitative estimate of drug-likeness (QED) is 0.627. The molecule has 7 heteroatoms. The summed E-state index contributed by atoms with van der Waals surface area (Å²) in [5, 5.41) is 14.1. The fourth-order valence-corrected chi connectivity index (χ4v) is 3.34. The van der Waals surface area contributed by atoms with Crippen LogP contribution in [0.15, 0.2) is 48.5 Å². The average molecular weight is 367 g/mol. The molecular weight excluding hydrogens is 346 g/mol. The number of nitro groups is 1. The maximum Gasteiger partial charge on any atom is 0.273 e. The van der Waals surface area contributed by atoms with Crippen LogP contribution in [0.4, 0.5) is 5.69 Å². The van der Waals surface area contributed by atoms with Crippen molar-refractivity contribution in [2.75, 3.05) is 13.1 Å². The maximum atomic E-state index is 12.8. The van der Waals surface area contributed by atoms with E-state index in [4.69, 9.17) is 0 Å². The first kappa shape index (κ1) is 18.6. The molecule has 1 aliphatic heterocycles. The van der Waals surface area contributed by atoms with Gasteiger partial charge in [-0.25, -0.2) is 0 Å². The molecule has 0 aliphatic carbocycles. The normalized spacial score (nSPS) is 14.9. The topological polar surface area (TPSA) is 92.6 Å². The Bertz CT molecular complexity index is 867. The van der Waals surface area contributed by atoms with Crippen molar-refractivity contribution in [3.63, 3.8) is 0 Å². The molecule has 0 unspecified atom stereocenters. The summed E-state index contributed by atoms with van der Waals surface area (Å²) in [6, 6.07) is 13.5.